The van der Waals surface area contributed by atoms with Crippen LogP contribution in [0.5, 0.6) is 5.75 Å². The number of pyridine rings is 1. The van der Waals surface area contributed by atoms with E-state index in [-0.39, 0.29) is 11.5 Å². The quantitative estimate of drug-likeness (QED) is 0.850. The van der Waals surface area contributed by atoms with E-state index in [1.54, 1.807) is 49.9 Å². The topological polar surface area (TPSA) is 44.1 Å². The Balaban J connectivity index is 2.27. The van der Waals surface area contributed by atoms with Crippen molar-refractivity contribution >= 4 is 5.78 Å². The predicted molar refractivity (Wildman–Crippen MR) is 77.8 cm³/mol. The summed E-state index contributed by atoms with van der Waals surface area (Å²) in [5, 5.41) is 0. The lowest BCUT2D eigenvalue weighted by atomic mass is 9.89. The highest BCUT2D eigenvalue weighted by Gasteiger charge is 2.34. The van der Waals surface area contributed by atoms with Crippen LogP contribution in [0.3, 0.4) is 0 Å². The van der Waals surface area contributed by atoms with Gasteiger partial charge in [-0.1, -0.05) is 20.8 Å². The zero-order valence-electron chi connectivity index (χ0n) is 13.0. The summed E-state index contributed by atoms with van der Waals surface area (Å²) in [6.45, 7) is 5.25. The summed E-state index contributed by atoms with van der Waals surface area (Å²) >= 11 is 0. The minimum Gasteiger partial charge on any atom is -0.461 e. The van der Waals surface area contributed by atoms with Crippen molar-refractivity contribution in [1.29, 1.82) is 0 Å². The zero-order valence-corrected chi connectivity index (χ0v) is 13.0. The molecule has 2 heterocycles. The molecule has 0 spiro atoms. The van der Waals surface area contributed by atoms with E-state index < -0.39 is 23.5 Å². The summed E-state index contributed by atoms with van der Waals surface area (Å²) < 4.78 is 44.7. The summed E-state index contributed by atoms with van der Waals surface area (Å²) in [7, 11) is 0. The summed E-state index contributed by atoms with van der Waals surface area (Å²) in [5.74, 6) is -0.108. The number of halogens is 3. The van der Waals surface area contributed by atoms with Crippen LogP contribution in [0.15, 0.2) is 42.9 Å². The molecule has 1 atom stereocenters. The average molecular weight is 326 g/mol. The normalized spacial score (nSPS) is 13.7. The number of carbonyl (C=O) groups is 1. The smallest absolute Gasteiger partial charge is 0.433 e. The Labute approximate surface area is 131 Å². The van der Waals surface area contributed by atoms with Gasteiger partial charge in [-0.25, -0.2) is 4.98 Å². The third-order valence-electron chi connectivity index (χ3n) is 3.14. The maximum atomic E-state index is 12.5. The van der Waals surface area contributed by atoms with Gasteiger partial charge in [0.2, 0.25) is 6.23 Å². The van der Waals surface area contributed by atoms with Gasteiger partial charge in [0.25, 0.3) is 0 Å². The molecule has 0 aliphatic carbocycles. The van der Waals surface area contributed by atoms with Gasteiger partial charge in [0.1, 0.15) is 11.4 Å². The Bertz CT molecular complexity index is 656. The molecule has 2 rings (SSSR count). The Morgan fingerprint density at radius 2 is 1.78 bits per heavy atom. The van der Waals surface area contributed by atoms with E-state index in [0.29, 0.717) is 0 Å². The first-order valence-electron chi connectivity index (χ1n) is 6.96. The molecule has 0 radical (unpaired) electrons. The number of hydrogen-bond acceptors (Lipinski definition) is 3. The molecule has 7 heteroatoms. The van der Waals surface area contributed by atoms with E-state index in [9.17, 15) is 18.0 Å². The fraction of sp³-hybridized carbons (Fsp3) is 0.375. The van der Waals surface area contributed by atoms with Crippen molar-refractivity contribution < 1.29 is 22.7 Å². The fourth-order valence-electron chi connectivity index (χ4n) is 1.87. The van der Waals surface area contributed by atoms with Crippen LogP contribution in [0, 0.1) is 5.41 Å². The molecule has 0 aliphatic rings. The van der Waals surface area contributed by atoms with Gasteiger partial charge in [0.15, 0.2) is 5.78 Å². The average Bonchev–Trinajstić information content (AvgIpc) is 2.96. The first-order valence-corrected chi connectivity index (χ1v) is 6.96. The highest BCUT2D eigenvalue weighted by Crippen LogP contribution is 2.30. The van der Waals surface area contributed by atoms with Gasteiger partial charge >= 0.3 is 6.18 Å². The van der Waals surface area contributed by atoms with E-state index >= 15 is 0 Å². The van der Waals surface area contributed by atoms with Gasteiger partial charge in [-0.05, 0) is 24.3 Å². The molecule has 23 heavy (non-hydrogen) atoms. The van der Waals surface area contributed by atoms with Gasteiger partial charge in [-0.15, -0.1) is 0 Å². The Kier molecular flexibility index (Phi) is 4.49. The van der Waals surface area contributed by atoms with Gasteiger partial charge in [-0.3, -0.25) is 4.79 Å². The van der Waals surface area contributed by atoms with Crippen LogP contribution in [-0.2, 0) is 11.0 Å². The number of ketones is 1. The Hall–Kier alpha value is -2.31. The molecule has 0 aliphatic heterocycles. The monoisotopic (exact) mass is 326 g/mol. The largest absolute Gasteiger partial charge is 0.461 e. The first-order chi connectivity index (χ1) is 10.6. The van der Waals surface area contributed by atoms with Crippen molar-refractivity contribution in [3.05, 3.63) is 48.5 Å². The molecular weight excluding hydrogens is 309 g/mol. The number of nitrogens with zero attached hydrogens (tertiary/aromatic N) is 2. The second kappa shape index (κ2) is 6.06. The second-order valence-electron chi connectivity index (χ2n) is 6.09. The first kappa shape index (κ1) is 17.1. The van der Waals surface area contributed by atoms with E-state index in [0.717, 1.165) is 18.3 Å². The third kappa shape index (κ3) is 4.12. The molecule has 2 aromatic heterocycles. The van der Waals surface area contributed by atoms with E-state index in [1.165, 1.54) is 0 Å². The van der Waals surface area contributed by atoms with Crippen molar-refractivity contribution in [3.63, 3.8) is 0 Å². The molecule has 0 saturated carbocycles. The summed E-state index contributed by atoms with van der Waals surface area (Å²) in [6, 6.07) is 5.44. The van der Waals surface area contributed by atoms with Crippen molar-refractivity contribution in [2.45, 2.75) is 33.2 Å². The molecule has 0 fully saturated rings. The molecule has 0 amide bonds. The molecule has 1 unspecified atom stereocenters. The van der Waals surface area contributed by atoms with Crippen LogP contribution >= 0.6 is 0 Å². The van der Waals surface area contributed by atoms with Crippen molar-refractivity contribution in [1.82, 2.24) is 9.55 Å². The highest BCUT2D eigenvalue weighted by molar-refractivity contribution is 5.86. The van der Waals surface area contributed by atoms with Crippen LogP contribution in [0.4, 0.5) is 13.2 Å². The van der Waals surface area contributed by atoms with Gasteiger partial charge < -0.3 is 9.30 Å². The number of alkyl halides is 3. The van der Waals surface area contributed by atoms with Crippen molar-refractivity contribution in [2.75, 3.05) is 0 Å². The van der Waals surface area contributed by atoms with E-state index in [4.69, 9.17) is 4.74 Å². The van der Waals surface area contributed by atoms with Crippen LogP contribution in [0.1, 0.15) is 32.7 Å². The summed E-state index contributed by atoms with van der Waals surface area (Å²) in [4.78, 5) is 15.9. The molecule has 124 valence electrons. The molecular formula is C16H17F3N2O2. The SMILES string of the molecule is CC(C)(C)C(=O)C(Oc1ccc(C(F)(F)F)nc1)n1cccc1. The number of rotatable bonds is 4. The van der Waals surface area contributed by atoms with Crippen LogP contribution in [0.25, 0.3) is 0 Å². The molecule has 0 aromatic carbocycles. The van der Waals surface area contributed by atoms with Crippen LogP contribution < -0.4 is 4.74 Å². The minimum absolute atomic E-state index is 0.0919. The van der Waals surface area contributed by atoms with Crippen LogP contribution in [0.2, 0.25) is 0 Å². The van der Waals surface area contributed by atoms with E-state index in [1.807, 2.05) is 0 Å². The Morgan fingerprint density at radius 1 is 1.17 bits per heavy atom. The van der Waals surface area contributed by atoms with Crippen molar-refractivity contribution in [3.8, 4) is 5.75 Å². The maximum Gasteiger partial charge on any atom is 0.433 e. The number of Topliss-reactive ketones (excluding diaryl/α,β-unsaturated/α-hetero) is 1. The van der Waals surface area contributed by atoms with Crippen LogP contribution in [-0.4, -0.2) is 15.3 Å². The number of ether oxygens (including phenoxy) is 1. The van der Waals surface area contributed by atoms with E-state index in [2.05, 4.69) is 4.98 Å². The molecule has 0 bridgehead atoms. The predicted octanol–water partition coefficient (Wildman–Crippen LogP) is 4.09. The number of hydrogen-bond donors (Lipinski definition) is 0. The summed E-state index contributed by atoms with van der Waals surface area (Å²) in [5.41, 5.74) is -1.68. The Morgan fingerprint density at radius 3 is 2.22 bits per heavy atom. The van der Waals surface area contributed by atoms with Gasteiger partial charge in [-0.2, -0.15) is 13.2 Å². The second-order valence-corrected chi connectivity index (χ2v) is 6.09. The zero-order chi connectivity index (χ0) is 17.3. The molecule has 0 N–H and O–H groups in total. The third-order valence-corrected chi connectivity index (χ3v) is 3.14. The standard InChI is InChI=1S/C16H17F3N2O2/c1-15(2,3)13(22)14(21-8-4-5-9-21)23-11-6-7-12(20-10-11)16(17,18)19/h4-10,14H,1-3H3. The minimum atomic E-state index is -4.51. The van der Waals surface area contributed by atoms with Crippen molar-refractivity contribution in [2.24, 2.45) is 5.41 Å². The summed E-state index contributed by atoms with van der Waals surface area (Å²) in [6.07, 6.45) is -1.20. The number of aromatic nitrogens is 2. The fourth-order valence-corrected chi connectivity index (χ4v) is 1.87. The van der Waals surface area contributed by atoms with Gasteiger partial charge in [0, 0.05) is 17.8 Å². The molecule has 2 aromatic rings. The molecule has 0 saturated heterocycles. The highest BCUT2D eigenvalue weighted by atomic mass is 19.4. The molecule has 4 nitrogen and oxygen atoms in total. The number of carbonyl (C=O) groups excluding carboxylic acids is 1. The van der Waals surface area contributed by atoms with Gasteiger partial charge in [0.05, 0.1) is 6.20 Å². The lowest BCUT2D eigenvalue weighted by Crippen LogP contribution is -2.33. The maximum absolute atomic E-state index is 12.5. The lowest BCUT2D eigenvalue weighted by molar-refractivity contribution is -0.141. The lowest BCUT2D eigenvalue weighted by Gasteiger charge is -2.26.